The van der Waals surface area contributed by atoms with Gasteiger partial charge >= 0.3 is 5.97 Å². The smallest absolute Gasteiger partial charge is 0.332 e. The molecule has 120 valence electrons. The molecule has 0 saturated heterocycles. The fourth-order valence-corrected chi connectivity index (χ4v) is 1.85. The Kier molecular flexibility index (Phi) is 6.35. The van der Waals surface area contributed by atoms with E-state index in [-0.39, 0.29) is 11.9 Å². The Bertz CT molecular complexity index is 517. The molecule has 1 aromatic rings. The lowest BCUT2D eigenvalue weighted by Gasteiger charge is -2.32. The Morgan fingerprint density at radius 3 is 2.36 bits per heavy atom. The summed E-state index contributed by atoms with van der Waals surface area (Å²) in [5.41, 5.74) is -0.204. The number of benzene rings is 1. The summed E-state index contributed by atoms with van der Waals surface area (Å²) in [6.07, 6.45) is 3.22. The van der Waals surface area contributed by atoms with Crippen LogP contribution in [0.2, 0.25) is 0 Å². The zero-order valence-corrected chi connectivity index (χ0v) is 13.8. The molecule has 1 atom stereocenters. The van der Waals surface area contributed by atoms with Gasteiger partial charge in [-0.2, -0.15) is 5.06 Å². The molecule has 22 heavy (non-hydrogen) atoms. The second-order valence-electron chi connectivity index (χ2n) is 6.34. The monoisotopic (exact) mass is 303 g/mol. The number of hydrogen-bond acceptors (Lipinski definition) is 3. The minimum absolute atomic E-state index is 0.211. The third-order valence-corrected chi connectivity index (χ3v) is 3.22. The average Bonchev–Trinajstić information content (AvgIpc) is 2.49. The minimum atomic E-state index is -0.626. The molecule has 0 fully saturated rings. The fourth-order valence-electron chi connectivity index (χ4n) is 1.85. The quantitative estimate of drug-likeness (QED) is 0.610. The second-order valence-corrected chi connectivity index (χ2v) is 6.34. The van der Waals surface area contributed by atoms with Crippen molar-refractivity contribution in [2.24, 2.45) is 5.41 Å². The Morgan fingerprint density at radius 1 is 1.27 bits per heavy atom. The van der Waals surface area contributed by atoms with Crippen molar-refractivity contribution in [3.8, 4) is 0 Å². The summed E-state index contributed by atoms with van der Waals surface area (Å²) in [6.45, 7) is 11.0. The number of nitrogens with zero attached hydrogens (tertiary/aromatic N) is 1. The first-order valence-electron chi connectivity index (χ1n) is 7.49. The van der Waals surface area contributed by atoms with Gasteiger partial charge in [0.05, 0.1) is 11.6 Å². The molecule has 1 rings (SSSR count). The van der Waals surface area contributed by atoms with E-state index >= 15 is 0 Å². The number of carbonyl (C=O) groups is 2. The van der Waals surface area contributed by atoms with Crippen LogP contribution in [0.4, 0.5) is 0 Å². The van der Waals surface area contributed by atoms with E-state index in [1.165, 1.54) is 5.06 Å². The average molecular weight is 303 g/mol. The van der Waals surface area contributed by atoms with Gasteiger partial charge in [0.25, 0.3) is 5.91 Å². The van der Waals surface area contributed by atoms with Crippen LogP contribution in [0.3, 0.4) is 0 Å². The maximum absolute atomic E-state index is 12.6. The van der Waals surface area contributed by atoms with Gasteiger partial charge in [-0.1, -0.05) is 45.0 Å². The van der Waals surface area contributed by atoms with Crippen molar-refractivity contribution in [2.45, 2.75) is 46.6 Å². The largest absolute Gasteiger partial charge is 0.363 e. The summed E-state index contributed by atoms with van der Waals surface area (Å²) in [7, 11) is 0. The van der Waals surface area contributed by atoms with E-state index < -0.39 is 11.4 Å². The molecular weight excluding hydrogens is 278 g/mol. The van der Waals surface area contributed by atoms with E-state index in [1.54, 1.807) is 51.1 Å². The van der Waals surface area contributed by atoms with Crippen molar-refractivity contribution in [2.75, 3.05) is 0 Å². The predicted octanol–water partition coefficient (Wildman–Crippen LogP) is 3.99. The van der Waals surface area contributed by atoms with Gasteiger partial charge in [0.15, 0.2) is 0 Å². The standard InChI is InChI=1S/C18H25NO3/c1-6-7-11-14(2)19(17(21)18(3,4)5)22-16(20)15-12-9-8-10-13-15/h6,8-10,12-14H,1,7,11H2,2-5H3. The van der Waals surface area contributed by atoms with Crippen LogP contribution < -0.4 is 0 Å². The Morgan fingerprint density at radius 2 is 1.86 bits per heavy atom. The lowest BCUT2D eigenvalue weighted by atomic mass is 9.94. The Labute approximate surface area is 132 Å². The highest BCUT2D eigenvalue weighted by molar-refractivity contribution is 5.91. The van der Waals surface area contributed by atoms with Gasteiger partial charge in [-0.25, -0.2) is 4.79 Å². The van der Waals surface area contributed by atoms with Crippen LogP contribution in [0.5, 0.6) is 0 Å². The zero-order chi connectivity index (χ0) is 16.8. The van der Waals surface area contributed by atoms with E-state index in [4.69, 9.17) is 4.84 Å². The molecule has 0 radical (unpaired) electrons. The van der Waals surface area contributed by atoms with Crippen LogP contribution >= 0.6 is 0 Å². The van der Waals surface area contributed by atoms with Gasteiger partial charge < -0.3 is 4.84 Å². The molecule has 0 aliphatic carbocycles. The molecule has 0 heterocycles. The van der Waals surface area contributed by atoms with Crippen molar-refractivity contribution in [3.63, 3.8) is 0 Å². The number of amides is 1. The SMILES string of the molecule is C=CCCC(C)N(OC(=O)c1ccccc1)C(=O)C(C)(C)C. The van der Waals surface area contributed by atoms with Crippen molar-refractivity contribution in [1.82, 2.24) is 5.06 Å². The molecule has 1 unspecified atom stereocenters. The van der Waals surface area contributed by atoms with E-state index in [1.807, 2.05) is 13.0 Å². The fraction of sp³-hybridized carbons (Fsp3) is 0.444. The summed E-state index contributed by atoms with van der Waals surface area (Å²) in [4.78, 5) is 30.2. The van der Waals surface area contributed by atoms with Gasteiger partial charge in [0.2, 0.25) is 0 Å². The van der Waals surface area contributed by atoms with Gasteiger partial charge in [-0.3, -0.25) is 4.79 Å². The molecule has 0 saturated carbocycles. The Hall–Kier alpha value is -2.10. The first-order chi connectivity index (χ1) is 10.3. The molecule has 0 spiro atoms. The first-order valence-corrected chi connectivity index (χ1v) is 7.49. The van der Waals surface area contributed by atoms with Gasteiger partial charge in [-0.15, -0.1) is 6.58 Å². The zero-order valence-electron chi connectivity index (χ0n) is 13.8. The molecule has 1 aromatic carbocycles. The van der Waals surface area contributed by atoms with Crippen LogP contribution in [0, 0.1) is 5.41 Å². The van der Waals surface area contributed by atoms with E-state index in [2.05, 4.69) is 6.58 Å². The summed E-state index contributed by atoms with van der Waals surface area (Å²) in [6, 6.07) is 8.45. The third kappa shape index (κ3) is 5.02. The molecule has 1 amide bonds. The summed E-state index contributed by atoms with van der Waals surface area (Å²) < 4.78 is 0. The van der Waals surface area contributed by atoms with Gasteiger partial charge in [-0.05, 0) is 31.9 Å². The molecule has 0 aromatic heterocycles. The lowest BCUT2D eigenvalue weighted by Crippen LogP contribution is -2.45. The van der Waals surface area contributed by atoms with Crippen LogP contribution in [-0.4, -0.2) is 23.0 Å². The molecule has 4 heteroatoms. The molecule has 0 N–H and O–H groups in total. The van der Waals surface area contributed by atoms with E-state index in [9.17, 15) is 9.59 Å². The minimum Gasteiger partial charge on any atom is -0.332 e. The van der Waals surface area contributed by atoms with E-state index in [0.29, 0.717) is 12.0 Å². The van der Waals surface area contributed by atoms with Crippen LogP contribution in [0.25, 0.3) is 0 Å². The summed E-state index contributed by atoms with van der Waals surface area (Å²) in [5, 5.41) is 1.21. The maximum Gasteiger partial charge on any atom is 0.363 e. The van der Waals surface area contributed by atoms with Crippen LogP contribution in [-0.2, 0) is 9.63 Å². The van der Waals surface area contributed by atoms with Crippen molar-refractivity contribution < 1.29 is 14.4 Å². The van der Waals surface area contributed by atoms with Crippen molar-refractivity contribution >= 4 is 11.9 Å². The lowest BCUT2D eigenvalue weighted by molar-refractivity contribution is -0.185. The predicted molar refractivity (Wildman–Crippen MR) is 87.1 cm³/mol. The molecule has 0 bridgehead atoms. The van der Waals surface area contributed by atoms with Gasteiger partial charge in [0, 0.05) is 5.41 Å². The normalized spacial score (nSPS) is 12.4. The topological polar surface area (TPSA) is 46.6 Å². The number of rotatable bonds is 5. The molecular formula is C18H25NO3. The Balaban J connectivity index is 2.92. The number of hydrogen-bond donors (Lipinski definition) is 0. The van der Waals surface area contributed by atoms with Crippen LogP contribution in [0.15, 0.2) is 43.0 Å². The summed E-state index contributed by atoms with van der Waals surface area (Å²) >= 11 is 0. The maximum atomic E-state index is 12.6. The van der Waals surface area contributed by atoms with Crippen molar-refractivity contribution in [3.05, 3.63) is 48.6 Å². The number of hydroxylamine groups is 2. The first kappa shape index (κ1) is 18.0. The second kappa shape index (κ2) is 7.78. The highest BCUT2D eigenvalue weighted by Crippen LogP contribution is 2.22. The van der Waals surface area contributed by atoms with E-state index in [0.717, 1.165) is 6.42 Å². The number of allylic oxidation sites excluding steroid dienone is 1. The molecule has 0 aliphatic heterocycles. The molecule has 0 aliphatic rings. The highest BCUT2D eigenvalue weighted by atomic mass is 16.7. The molecule has 4 nitrogen and oxygen atoms in total. The van der Waals surface area contributed by atoms with Gasteiger partial charge in [0.1, 0.15) is 0 Å². The highest BCUT2D eigenvalue weighted by Gasteiger charge is 2.33. The van der Waals surface area contributed by atoms with Crippen LogP contribution in [0.1, 0.15) is 50.9 Å². The third-order valence-electron chi connectivity index (χ3n) is 3.22. The summed E-state index contributed by atoms with van der Waals surface area (Å²) in [5.74, 6) is -0.739. The number of carbonyl (C=O) groups excluding carboxylic acids is 2. The van der Waals surface area contributed by atoms with Crippen molar-refractivity contribution in [1.29, 1.82) is 0 Å².